The summed E-state index contributed by atoms with van der Waals surface area (Å²) in [6.07, 6.45) is 1.38. The third-order valence-electron chi connectivity index (χ3n) is 2.55. The topological polar surface area (TPSA) is 60.2 Å². The summed E-state index contributed by atoms with van der Waals surface area (Å²) in [5.41, 5.74) is 0. The Morgan fingerprint density at radius 2 is 2.10 bits per heavy atom. The molecule has 3 nitrogen and oxygen atoms in total. The van der Waals surface area contributed by atoms with E-state index in [4.69, 9.17) is 5.14 Å². The minimum absolute atomic E-state index is 0.257. The van der Waals surface area contributed by atoms with Crippen LogP contribution in [-0.4, -0.2) is 13.2 Å². The normalized spacial score (nSPS) is 39.7. The maximum absolute atomic E-state index is 10.9. The summed E-state index contributed by atoms with van der Waals surface area (Å²) in [7, 11) is -3.29. The lowest BCUT2D eigenvalue weighted by atomic mass is 10.3. The molecule has 2 N–H and O–H groups in total. The van der Waals surface area contributed by atoms with Gasteiger partial charge in [-0.2, -0.15) is 0 Å². The van der Waals surface area contributed by atoms with Crippen molar-refractivity contribution in [2.75, 3.05) is 0 Å². The van der Waals surface area contributed by atoms with Gasteiger partial charge in [-0.1, -0.05) is 13.8 Å². The molecule has 0 heterocycles. The van der Waals surface area contributed by atoms with E-state index in [1.807, 2.05) is 13.8 Å². The summed E-state index contributed by atoms with van der Waals surface area (Å²) in [5.74, 6) is 0.257. The van der Waals surface area contributed by atoms with Gasteiger partial charge in [-0.25, -0.2) is 13.6 Å². The van der Waals surface area contributed by atoms with E-state index in [9.17, 15) is 8.42 Å². The molecule has 1 saturated carbocycles. The quantitative estimate of drug-likeness (QED) is 0.643. The lowest BCUT2D eigenvalue weighted by Gasteiger charge is -2.09. The van der Waals surface area contributed by atoms with E-state index in [2.05, 4.69) is 0 Å². The van der Waals surface area contributed by atoms with E-state index in [0.29, 0.717) is 6.42 Å². The first-order valence-corrected chi connectivity index (χ1v) is 5.01. The number of rotatable bonds is 2. The van der Waals surface area contributed by atoms with Crippen LogP contribution in [0.1, 0.15) is 26.7 Å². The molecule has 0 aromatic heterocycles. The van der Waals surface area contributed by atoms with Gasteiger partial charge in [0.05, 0.1) is 4.75 Å². The molecule has 0 saturated heterocycles. The molecule has 0 radical (unpaired) electrons. The Bertz CT molecular complexity index is 230. The highest BCUT2D eigenvalue weighted by Gasteiger charge is 2.58. The summed E-state index contributed by atoms with van der Waals surface area (Å²) in [6, 6.07) is 0. The average molecular weight is 163 g/mol. The Morgan fingerprint density at radius 3 is 2.10 bits per heavy atom. The number of hydrogen-bond acceptors (Lipinski definition) is 2. The third-order valence-corrected chi connectivity index (χ3v) is 4.55. The van der Waals surface area contributed by atoms with Crippen LogP contribution in [0.4, 0.5) is 0 Å². The van der Waals surface area contributed by atoms with Gasteiger partial charge < -0.3 is 0 Å². The first-order chi connectivity index (χ1) is 4.44. The Kier molecular flexibility index (Phi) is 1.56. The van der Waals surface area contributed by atoms with Crippen molar-refractivity contribution >= 4 is 10.0 Å². The highest BCUT2D eigenvalue weighted by Crippen LogP contribution is 2.50. The van der Waals surface area contributed by atoms with Crippen molar-refractivity contribution in [3.8, 4) is 0 Å². The number of nitrogens with two attached hydrogens (primary N) is 1. The van der Waals surface area contributed by atoms with E-state index in [-0.39, 0.29) is 5.92 Å². The summed E-state index contributed by atoms with van der Waals surface area (Å²) in [6.45, 7) is 3.79. The number of primary sulfonamides is 1. The van der Waals surface area contributed by atoms with Crippen molar-refractivity contribution in [2.24, 2.45) is 11.1 Å². The van der Waals surface area contributed by atoms with Crippen LogP contribution in [0.25, 0.3) is 0 Å². The van der Waals surface area contributed by atoms with E-state index >= 15 is 0 Å². The largest absolute Gasteiger partial charge is 0.228 e. The minimum Gasteiger partial charge on any atom is -0.228 e. The van der Waals surface area contributed by atoms with E-state index in [1.165, 1.54) is 0 Å². The summed E-state index contributed by atoms with van der Waals surface area (Å²) in [5, 5.41) is 5.05. The maximum Gasteiger partial charge on any atom is 0.215 e. The van der Waals surface area contributed by atoms with Crippen molar-refractivity contribution in [3.05, 3.63) is 0 Å². The minimum atomic E-state index is -3.29. The number of hydrogen-bond donors (Lipinski definition) is 1. The van der Waals surface area contributed by atoms with Crippen LogP contribution in [0, 0.1) is 5.92 Å². The van der Waals surface area contributed by atoms with Crippen LogP contribution in [0.3, 0.4) is 0 Å². The van der Waals surface area contributed by atoms with Crippen molar-refractivity contribution < 1.29 is 8.42 Å². The zero-order valence-electron chi connectivity index (χ0n) is 6.29. The zero-order valence-corrected chi connectivity index (χ0v) is 7.11. The monoisotopic (exact) mass is 163 g/mol. The highest BCUT2D eigenvalue weighted by atomic mass is 32.2. The average Bonchev–Trinajstić information content (AvgIpc) is 2.40. The van der Waals surface area contributed by atoms with Crippen LogP contribution in [-0.2, 0) is 10.0 Å². The van der Waals surface area contributed by atoms with Crippen LogP contribution in [0.2, 0.25) is 0 Å². The Balaban J connectivity index is 2.90. The fraction of sp³-hybridized carbons (Fsp3) is 1.00. The van der Waals surface area contributed by atoms with Gasteiger partial charge in [0, 0.05) is 0 Å². The van der Waals surface area contributed by atoms with Crippen molar-refractivity contribution in [1.82, 2.24) is 0 Å². The predicted octanol–water partition coefficient (Wildman–Crippen LogP) is 0.464. The molecule has 1 rings (SSSR count). The Hall–Kier alpha value is -0.0900. The molecule has 1 aliphatic rings. The molecule has 2 atom stereocenters. The maximum atomic E-state index is 10.9. The predicted molar refractivity (Wildman–Crippen MR) is 39.9 cm³/mol. The summed E-state index contributed by atoms with van der Waals surface area (Å²) < 4.78 is 21.3. The smallest absolute Gasteiger partial charge is 0.215 e. The zero-order chi connectivity index (χ0) is 7.99. The van der Waals surface area contributed by atoms with Gasteiger partial charge in [0.1, 0.15) is 0 Å². The van der Waals surface area contributed by atoms with Gasteiger partial charge in [0.25, 0.3) is 0 Å². The molecule has 0 amide bonds. The molecule has 60 valence electrons. The third kappa shape index (κ3) is 0.864. The second kappa shape index (κ2) is 1.95. The lowest BCUT2D eigenvalue weighted by Crippen LogP contribution is -2.31. The molecule has 10 heavy (non-hydrogen) atoms. The van der Waals surface area contributed by atoms with Gasteiger partial charge in [0.2, 0.25) is 10.0 Å². The molecule has 1 fully saturated rings. The van der Waals surface area contributed by atoms with Crippen LogP contribution in [0.15, 0.2) is 0 Å². The first kappa shape index (κ1) is 8.01. The van der Waals surface area contributed by atoms with Gasteiger partial charge in [-0.15, -0.1) is 0 Å². The van der Waals surface area contributed by atoms with Gasteiger partial charge >= 0.3 is 0 Å². The Morgan fingerprint density at radius 1 is 1.70 bits per heavy atom. The van der Waals surface area contributed by atoms with E-state index in [0.717, 1.165) is 6.42 Å². The highest BCUT2D eigenvalue weighted by molar-refractivity contribution is 7.90. The second-order valence-electron chi connectivity index (χ2n) is 3.07. The van der Waals surface area contributed by atoms with Gasteiger partial charge in [0.15, 0.2) is 0 Å². The lowest BCUT2D eigenvalue weighted by molar-refractivity contribution is 0.566. The molecule has 1 aliphatic carbocycles. The Labute approximate surface area is 61.7 Å². The summed E-state index contributed by atoms with van der Waals surface area (Å²) in [4.78, 5) is 0. The van der Waals surface area contributed by atoms with Crippen molar-refractivity contribution in [3.63, 3.8) is 0 Å². The molecule has 0 aromatic rings. The molecular weight excluding hydrogens is 150 g/mol. The molecular formula is C6H13NO2S. The second-order valence-corrected chi connectivity index (χ2v) is 4.97. The first-order valence-electron chi connectivity index (χ1n) is 3.46. The standard InChI is InChI=1S/C6H13NO2S/c1-3-6(4-5(6)2)10(7,8)9/h5H,3-4H2,1-2H3,(H2,7,8,9). The van der Waals surface area contributed by atoms with Gasteiger partial charge in [-0.05, 0) is 18.8 Å². The SMILES string of the molecule is CCC1(S(N)(=O)=O)CC1C. The molecule has 4 heteroatoms. The van der Waals surface area contributed by atoms with Crippen molar-refractivity contribution in [1.29, 1.82) is 0 Å². The molecule has 0 spiro atoms. The molecule has 0 aliphatic heterocycles. The molecule has 2 unspecified atom stereocenters. The van der Waals surface area contributed by atoms with Crippen LogP contribution in [0.5, 0.6) is 0 Å². The summed E-state index contributed by atoms with van der Waals surface area (Å²) >= 11 is 0. The number of sulfonamides is 1. The van der Waals surface area contributed by atoms with Crippen LogP contribution < -0.4 is 5.14 Å². The van der Waals surface area contributed by atoms with E-state index < -0.39 is 14.8 Å². The van der Waals surface area contributed by atoms with E-state index in [1.54, 1.807) is 0 Å². The van der Waals surface area contributed by atoms with Gasteiger partial charge in [-0.3, -0.25) is 0 Å². The van der Waals surface area contributed by atoms with Crippen LogP contribution >= 0.6 is 0 Å². The molecule has 0 aromatic carbocycles. The molecule has 0 bridgehead atoms. The van der Waals surface area contributed by atoms with Crippen molar-refractivity contribution in [2.45, 2.75) is 31.4 Å². The fourth-order valence-corrected chi connectivity index (χ4v) is 3.00. The fourth-order valence-electron chi connectivity index (χ4n) is 1.55.